The quantitative estimate of drug-likeness (QED) is 0.922. The zero-order chi connectivity index (χ0) is 10.7. The third-order valence-corrected chi connectivity index (χ3v) is 3.18. The number of hydrogen-bond donors (Lipinski definition) is 1. The molecule has 17 heavy (non-hydrogen) atoms. The lowest BCUT2D eigenvalue weighted by molar-refractivity contribution is 0.328. The van der Waals surface area contributed by atoms with Crippen molar-refractivity contribution in [2.45, 2.75) is 39.2 Å². The highest BCUT2D eigenvalue weighted by Gasteiger charge is 2.15. The van der Waals surface area contributed by atoms with Gasteiger partial charge >= 0.3 is 0 Å². The number of nitrogens with one attached hydrogen (secondary N) is 1. The first-order chi connectivity index (χ1) is 7.27. The van der Waals surface area contributed by atoms with Crippen LogP contribution >= 0.6 is 24.8 Å². The van der Waals surface area contributed by atoms with Crippen LogP contribution in [0, 0.1) is 5.92 Å². The molecule has 2 heterocycles. The molecule has 1 aliphatic heterocycles. The van der Waals surface area contributed by atoms with E-state index in [0.717, 1.165) is 12.5 Å². The van der Waals surface area contributed by atoms with E-state index in [1.807, 2.05) is 6.20 Å². The summed E-state index contributed by atoms with van der Waals surface area (Å²) in [4.78, 5) is 4.43. The first-order valence-electron chi connectivity index (χ1n) is 5.99. The Kier molecular flexibility index (Phi) is 7.84. The van der Waals surface area contributed by atoms with Gasteiger partial charge in [-0.25, -0.2) is 4.98 Å². The Labute approximate surface area is 116 Å². The van der Waals surface area contributed by atoms with Crippen molar-refractivity contribution in [2.75, 3.05) is 13.1 Å². The number of hydrogen-bond acceptors (Lipinski definition) is 2. The predicted octanol–water partition coefficient (Wildman–Crippen LogP) is 2.85. The summed E-state index contributed by atoms with van der Waals surface area (Å²) in [5.41, 5.74) is 0. The summed E-state index contributed by atoms with van der Waals surface area (Å²) in [6.07, 6.45) is 6.65. The van der Waals surface area contributed by atoms with Crippen molar-refractivity contribution in [3.05, 3.63) is 18.2 Å². The molecule has 1 saturated heterocycles. The fraction of sp³-hybridized carbons (Fsp3) is 0.750. The van der Waals surface area contributed by atoms with Crippen LogP contribution in [0.25, 0.3) is 0 Å². The fourth-order valence-electron chi connectivity index (χ4n) is 2.32. The number of nitrogens with zero attached hydrogens (tertiary/aromatic N) is 2. The van der Waals surface area contributed by atoms with Crippen molar-refractivity contribution in [3.63, 3.8) is 0 Å². The van der Waals surface area contributed by atoms with Crippen molar-refractivity contribution in [2.24, 2.45) is 5.92 Å². The monoisotopic (exact) mass is 279 g/mol. The summed E-state index contributed by atoms with van der Waals surface area (Å²) in [7, 11) is 0. The van der Waals surface area contributed by atoms with E-state index in [2.05, 4.69) is 34.9 Å². The van der Waals surface area contributed by atoms with E-state index in [1.54, 1.807) is 0 Å². The summed E-state index contributed by atoms with van der Waals surface area (Å²) in [6, 6.07) is 0. The van der Waals surface area contributed by atoms with Crippen LogP contribution in [-0.4, -0.2) is 22.6 Å². The summed E-state index contributed by atoms with van der Waals surface area (Å²) in [5, 5.41) is 3.41. The van der Waals surface area contributed by atoms with Crippen LogP contribution in [0.5, 0.6) is 0 Å². The second-order valence-corrected chi connectivity index (χ2v) is 4.79. The Morgan fingerprint density at radius 1 is 1.35 bits per heavy atom. The van der Waals surface area contributed by atoms with E-state index < -0.39 is 0 Å². The lowest BCUT2D eigenvalue weighted by Gasteiger charge is -2.24. The van der Waals surface area contributed by atoms with Gasteiger partial charge in [0.15, 0.2) is 0 Å². The summed E-state index contributed by atoms with van der Waals surface area (Å²) >= 11 is 0. The summed E-state index contributed by atoms with van der Waals surface area (Å²) in [5.74, 6) is 2.59. The van der Waals surface area contributed by atoms with E-state index in [1.165, 1.54) is 31.8 Å². The van der Waals surface area contributed by atoms with E-state index >= 15 is 0 Å². The third-order valence-electron chi connectivity index (χ3n) is 3.18. The summed E-state index contributed by atoms with van der Waals surface area (Å²) < 4.78 is 2.33. The van der Waals surface area contributed by atoms with Gasteiger partial charge in [-0.15, -0.1) is 24.8 Å². The van der Waals surface area contributed by atoms with Crippen LogP contribution in [0.3, 0.4) is 0 Å². The average Bonchev–Trinajstić information content (AvgIpc) is 2.67. The standard InChI is InChI=1S/C12H21N3.2ClH/c1-10(2)12-14-7-8-15(12)9-11-3-5-13-6-4-11;;/h7-8,10-11,13H,3-6,9H2,1-2H3;2*1H. The fourth-order valence-corrected chi connectivity index (χ4v) is 2.32. The molecule has 5 heteroatoms. The Balaban J connectivity index is 0.00000128. The van der Waals surface area contributed by atoms with Crippen LogP contribution in [0.15, 0.2) is 12.4 Å². The number of rotatable bonds is 3. The normalized spacial score (nSPS) is 16.4. The smallest absolute Gasteiger partial charge is 0.111 e. The van der Waals surface area contributed by atoms with Gasteiger partial charge < -0.3 is 9.88 Å². The minimum Gasteiger partial charge on any atom is -0.334 e. The Morgan fingerprint density at radius 3 is 2.59 bits per heavy atom. The van der Waals surface area contributed by atoms with Gasteiger partial charge in [-0.1, -0.05) is 13.8 Å². The molecule has 0 amide bonds. The van der Waals surface area contributed by atoms with E-state index in [0.29, 0.717) is 5.92 Å². The Bertz CT molecular complexity index is 306. The lowest BCUT2D eigenvalue weighted by Crippen LogP contribution is -2.30. The molecule has 0 aromatic carbocycles. The SMILES string of the molecule is CC(C)c1nccn1CC1CCNCC1.Cl.Cl. The van der Waals surface area contributed by atoms with E-state index in [4.69, 9.17) is 0 Å². The molecule has 100 valence electrons. The highest BCUT2D eigenvalue weighted by molar-refractivity contribution is 5.85. The van der Waals surface area contributed by atoms with Crippen molar-refractivity contribution in [3.8, 4) is 0 Å². The molecule has 1 fully saturated rings. The molecule has 0 saturated carbocycles. The predicted molar refractivity (Wildman–Crippen MR) is 76.4 cm³/mol. The third kappa shape index (κ3) is 4.49. The molecule has 1 aromatic rings. The Morgan fingerprint density at radius 2 is 2.00 bits per heavy atom. The van der Waals surface area contributed by atoms with Crippen molar-refractivity contribution in [1.29, 1.82) is 0 Å². The van der Waals surface area contributed by atoms with Crippen LogP contribution in [0.1, 0.15) is 38.4 Å². The van der Waals surface area contributed by atoms with Gasteiger partial charge in [0.1, 0.15) is 5.82 Å². The number of aromatic nitrogens is 2. The minimum absolute atomic E-state index is 0. The molecule has 0 spiro atoms. The zero-order valence-corrected chi connectivity index (χ0v) is 12.2. The summed E-state index contributed by atoms with van der Waals surface area (Å²) in [6.45, 7) is 7.92. The number of imidazole rings is 1. The molecular formula is C12H23Cl2N3. The molecule has 3 nitrogen and oxygen atoms in total. The second-order valence-electron chi connectivity index (χ2n) is 4.79. The maximum absolute atomic E-state index is 4.43. The van der Waals surface area contributed by atoms with Gasteiger partial charge in [0.25, 0.3) is 0 Å². The molecule has 2 rings (SSSR count). The molecule has 1 N–H and O–H groups in total. The van der Waals surface area contributed by atoms with E-state index in [-0.39, 0.29) is 24.8 Å². The highest BCUT2D eigenvalue weighted by Crippen LogP contribution is 2.18. The van der Waals surface area contributed by atoms with Crippen LogP contribution in [0.4, 0.5) is 0 Å². The van der Waals surface area contributed by atoms with Crippen molar-refractivity contribution in [1.82, 2.24) is 14.9 Å². The molecule has 1 aliphatic rings. The van der Waals surface area contributed by atoms with Crippen LogP contribution in [-0.2, 0) is 6.54 Å². The maximum atomic E-state index is 4.43. The van der Waals surface area contributed by atoms with E-state index in [9.17, 15) is 0 Å². The number of piperidine rings is 1. The first kappa shape index (κ1) is 16.8. The highest BCUT2D eigenvalue weighted by atomic mass is 35.5. The molecule has 1 aromatic heterocycles. The van der Waals surface area contributed by atoms with Gasteiger partial charge in [0, 0.05) is 24.9 Å². The largest absolute Gasteiger partial charge is 0.334 e. The second kappa shape index (κ2) is 7.96. The van der Waals surface area contributed by atoms with Crippen LogP contribution < -0.4 is 5.32 Å². The molecular weight excluding hydrogens is 257 g/mol. The maximum Gasteiger partial charge on any atom is 0.111 e. The lowest BCUT2D eigenvalue weighted by atomic mass is 9.98. The topological polar surface area (TPSA) is 29.9 Å². The molecule has 0 radical (unpaired) electrons. The molecule has 0 unspecified atom stereocenters. The van der Waals surface area contributed by atoms with Crippen molar-refractivity contribution >= 4 is 24.8 Å². The molecule has 0 aliphatic carbocycles. The average molecular weight is 280 g/mol. The van der Waals surface area contributed by atoms with Gasteiger partial charge in [-0.3, -0.25) is 0 Å². The van der Waals surface area contributed by atoms with Crippen LogP contribution in [0.2, 0.25) is 0 Å². The van der Waals surface area contributed by atoms with Crippen molar-refractivity contribution < 1.29 is 0 Å². The van der Waals surface area contributed by atoms with Gasteiger partial charge in [-0.05, 0) is 31.8 Å². The number of halogens is 2. The molecule has 0 atom stereocenters. The Hall–Kier alpha value is -0.250. The van der Waals surface area contributed by atoms with Gasteiger partial charge in [0.2, 0.25) is 0 Å². The minimum atomic E-state index is 0. The first-order valence-corrected chi connectivity index (χ1v) is 5.99. The molecule has 0 bridgehead atoms. The zero-order valence-electron chi connectivity index (χ0n) is 10.6. The van der Waals surface area contributed by atoms with Gasteiger partial charge in [-0.2, -0.15) is 0 Å². The van der Waals surface area contributed by atoms with Gasteiger partial charge in [0.05, 0.1) is 0 Å².